The maximum atomic E-state index is 14.8. The van der Waals surface area contributed by atoms with Crippen molar-refractivity contribution in [1.29, 1.82) is 0 Å². The molecular formula is C26H35FN2O. The Morgan fingerprint density at radius 3 is 2.50 bits per heavy atom. The van der Waals surface area contributed by atoms with Gasteiger partial charge in [-0.3, -0.25) is 9.18 Å². The van der Waals surface area contributed by atoms with Crippen molar-refractivity contribution in [2.24, 2.45) is 22.7 Å². The third-order valence-corrected chi connectivity index (χ3v) is 9.97. The molecule has 3 heterocycles. The molecule has 0 spiro atoms. The van der Waals surface area contributed by atoms with Crippen molar-refractivity contribution in [2.75, 3.05) is 26.3 Å². The van der Waals surface area contributed by atoms with Crippen LogP contribution in [0.1, 0.15) is 63.4 Å². The Bertz CT molecular complexity index is 822. The number of hydrogen-bond acceptors (Lipinski definition) is 2. The Kier molecular flexibility index (Phi) is 4.36. The number of halogens is 1. The highest BCUT2D eigenvalue weighted by molar-refractivity contribution is 5.84. The molecule has 5 bridgehead atoms. The summed E-state index contributed by atoms with van der Waals surface area (Å²) in [5.41, 5.74) is 0.623. The first-order chi connectivity index (χ1) is 14.6. The van der Waals surface area contributed by atoms with E-state index in [0.717, 1.165) is 51.5 Å². The Labute approximate surface area is 179 Å². The molecule has 1 N–H and O–H groups in total. The van der Waals surface area contributed by atoms with E-state index in [1.807, 2.05) is 0 Å². The summed E-state index contributed by atoms with van der Waals surface area (Å²) in [7, 11) is 0. The van der Waals surface area contributed by atoms with E-state index in [2.05, 4.69) is 40.5 Å². The fraction of sp³-hybridized carbons (Fsp3) is 0.731. The van der Waals surface area contributed by atoms with Crippen LogP contribution in [0.25, 0.3) is 0 Å². The summed E-state index contributed by atoms with van der Waals surface area (Å²) >= 11 is 0. The zero-order chi connectivity index (χ0) is 20.4. The van der Waals surface area contributed by atoms with Gasteiger partial charge in [0.05, 0.1) is 12.1 Å². The second kappa shape index (κ2) is 6.79. The van der Waals surface area contributed by atoms with E-state index in [1.54, 1.807) is 0 Å². The lowest BCUT2D eigenvalue weighted by atomic mass is 9.39. The molecule has 6 aliphatic rings. The topological polar surface area (TPSA) is 32.3 Å². The van der Waals surface area contributed by atoms with E-state index in [1.165, 1.54) is 31.5 Å². The number of benzene rings is 1. The van der Waals surface area contributed by atoms with Crippen molar-refractivity contribution in [3.8, 4) is 0 Å². The summed E-state index contributed by atoms with van der Waals surface area (Å²) in [4.78, 5) is 16.4. The van der Waals surface area contributed by atoms with Crippen LogP contribution in [0.2, 0.25) is 0 Å². The van der Waals surface area contributed by atoms with Gasteiger partial charge in [-0.1, -0.05) is 30.3 Å². The molecule has 3 aliphatic carbocycles. The SMILES string of the molecule is O=C(N[C@H]1CN2CCC1CC2)C12CCC3CC[C@](c4ccccc4)(C1)C[C@]3(CF)C2. The predicted octanol–water partition coefficient (Wildman–Crippen LogP) is 4.46. The lowest BCUT2D eigenvalue weighted by Crippen LogP contribution is -2.65. The minimum absolute atomic E-state index is 0.0328. The van der Waals surface area contributed by atoms with Crippen LogP contribution >= 0.6 is 0 Å². The van der Waals surface area contributed by atoms with E-state index >= 15 is 0 Å². The van der Waals surface area contributed by atoms with E-state index in [-0.39, 0.29) is 28.8 Å². The quantitative estimate of drug-likeness (QED) is 0.795. The molecule has 3 saturated carbocycles. The highest BCUT2D eigenvalue weighted by Crippen LogP contribution is 2.69. The largest absolute Gasteiger partial charge is 0.351 e. The van der Waals surface area contributed by atoms with E-state index < -0.39 is 0 Å². The van der Waals surface area contributed by atoms with E-state index in [0.29, 0.717) is 17.9 Å². The number of nitrogens with zero attached hydrogens (tertiary/aromatic N) is 1. The van der Waals surface area contributed by atoms with Gasteiger partial charge in [-0.2, -0.15) is 0 Å². The number of fused-ring (bicyclic) bond motifs is 5. The first-order valence-corrected chi connectivity index (χ1v) is 12.2. The van der Waals surface area contributed by atoms with Crippen molar-refractivity contribution >= 4 is 5.91 Å². The molecule has 1 aromatic carbocycles. The first-order valence-electron chi connectivity index (χ1n) is 12.2. The van der Waals surface area contributed by atoms with Crippen molar-refractivity contribution in [1.82, 2.24) is 10.2 Å². The predicted molar refractivity (Wildman–Crippen MR) is 116 cm³/mol. The van der Waals surface area contributed by atoms with Gasteiger partial charge >= 0.3 is 0 Å². The van der Waals surface area contributed by atoms with Gasteiger partial charge in [0.1, 0.15) is 0 Å². The maximum Gasteiger partial charge on any atom is 0.226 e. The molecule has 3 nitrogen and oxygen atoms in total. The summed E-state index contributed by atoms with van der Waals surface area (Å²) in [6.07, 6.45) is 9.23. The van der Waals surface area contributed by atoms with Gasteiger partial charge in [-0.25, -0.2) is 0 Å². The minimum atomic E-state index is -0.386. The normalized spacial score (nSPS) is 46.6. The number of carbonyl (C=O) groups excluding carboxylic acids is 1. The molecule has 1 aromatic rings. The third-order valence-electron chi connectivity index (χ3n) is 9.97. The minimum Gasteiger partial charge on any atom is -0.351 e. The van der Waals surface area contributed by atoms with Crippen molar-refractivity contribution < 1.29 is 9.18 Å². The monoisotopic (exact) mass is 410 g/mol. The van der Waals surface area contributed by atoms with Crippen LogP contribution in [0, 0.1) is 22.7 Å². The van der Waals surface area contributed by atoms with Crippen LogP contribution in [-0.4, -0.2) is 43.2 Å². The molecule has 0 aromatic heterocycles. The lowest BCUT2D eigenvalue weighted by molar-refractivity contribution is -0.163. The molecule has 0 radical (unpaired) electrons. The molecular weight excluding hydrogens is 375 g/mol. The number of nitrogens with one attached hydrogen (secondary N) is 1. The summed E-state index contributed by atoms with van der Waals surface area (Å²) in [6, 6.07) is 11.0. The second-order valence-corrected chi connectivity index (χ2v) is 11.4. The molecule has 6 fully saturated rings. The molecule has 5 atom stereocenters. The third kappa shape index (κ3) is 2.75. The molecule has 1 amide bonds. The van der Waals surface area contributed by atoms with Crippen LogP contribution in [0.4, 0.5) is 4.39 Å². The van der Waals surface area contributed by atoms with Gasteiger partial charge < -0.3 is 10.2 Å². The fourth-order valence-corrected chi connectivity index (χ4v) is 8.55. The number of rotatable bonds is 4. The highest BCUT2D eigenvalue weighted by Gasteiger charge is 2.65. The van der Waals surface area contributed by atoms with E-state index in [9.17, 15) is 9.18 Å². The van der Waals surface area contributed by atoms with Crippen LogP contribution in [-0.2, 0) is 10.2 Å². The second-order valence-electron chi connectivity index (χ2n) is 11.4. The average Bonchev–Trinajstić information content (AvgIpc) is 2.79. The molecule has 162 valence electrons. The van der Waals surface area contributed by atoms with Gasteiger partial charge in [0.2, 0.25) is 5.91 Å². The first kappa shape index (κ1) is 19.3. The highest BCUT2D eigenvalue weighted by atomic mass is 19.1. The van der Waals surface area contributed by atoms with Crippen LogP contribution in [0.15, 0.2) is 30.3 Å². The Hall–Kier alpha value is -1.42. The van der Waals surface area contributed by atoms with Crippen LogP contribution in [0.5, 0.6) is 0 Å². The van der Waals surface area contributed by atoms with Gasteiger partial charge in [0.25, 0.3) is 0 Å². The van der Waals surface area contributed by atoms with Crippen LogP contribution in [0.3, 0.4) is 0 Å². The van der Waals surface area contributed by atoms with Crippen molar-refractivity contribution in [2.45, 2.75) is 69.2 Å². The molecule has 3 aliphatic heterocycles. The smallest absolute Gasteiger partial charge is 0.226 e. The summed E-state index contributed by atoms with van der Waals surface area (Å²) in [6.45, 7) is 3.12. The van der Waals surface area contributed by atoms with Gasteiger partial charge in [0.15, 0.2) is 0 Å². The maximum absolute atomic E-state index is 14.8. The standard InChI is InChI=1S/C26H35FN2O/c27-18-26-16-24(20-4-2-1-3-5-20)10-6-21(26)7-11-25(15-24,17-26)23(30)28-22-14-29-12-8-19(22)9-13-29/h1-5,19,21-22H,6-18H2,(H,28,30)/t21?,22-,24-,25?,26+/m0/s1. The summed E-state index contributed by atoms with van der Waals surface area (Å²) < 4.78 is 14.8. The molecule has 4 heteroatoms. The molecule has 3 saturated heterocycles. The van der Waals surface area contributed by atoms with Crippen LogP contribution < -0.4 is 5.32 Å². The van der Waals surface area contributed by atoms with Crippen molar-refractivity contribution in [3.05, 3.63) is 35.9 Å². The van der Waals surface area contributed by atoms with Gasteiger partial charge in [0, 0.05) is 18.0 Å². The number of hydrogen-bond donors (Lipinski definition) is 1. The summed E-state index contributed by atoms with van der Waals surface area (Å²) in [5, 5.41) is 3.53. The van der Waals surface area contributed by atoms with Gasteiger partial charge in [-0.15, -0.1) is 0 Å². The lowest BCUT2D eigenvalue weighted by Gasteiger charge is -2.64. The zero-order valence-corrected chi connectivity index (χ0v) is 18.0. The molecule has 2 unspecified atom stereocenters. The molecule has 7 rings (SSSR count). The Morgan fingerprint density at radius 1 is 1.03 bits per heavy atom. The summed E-state index contributed by atoms with van der Waals surface area (Å²) in [5.74, 6) is 1.34. The fourth-order valence-electron chi connectivity index (χ4n) is 8.55. The number of piperidine rings is 3. The number of carbonyl (C=O) groups is 1. The zero-order valence-electron chi connectivity index (χ0n) is 18.0. The average molecular weight is 411 g/mol. The Morgan fingerprint density at radius 2 is 1.80 bits per heavy atom. The van der Waals surface area contributed by atoms with E-state index in [4.69, 9.17) is 0 Å². The Balaban J connectivity index is 1.34. The van der Waals surface area contributed by atoms with Crippen molar-refractivity contribution in [3.63, 3.8) is 0 Å². The van der Waals surface area contributed by atoms with Gasteiger partial charge in [-0.05, 0) is 93.7 Å². The molecule has 30 heavy (non-hydrogen) atoms. The number of amides is 1. The number of alkyl halides is 1.